The highest BCUT2D eigenvalue weighted by Gasteiger charge is 2.16. The van der Waals surface area contributed by atoms with Crippen LogP contribution >= 0.6 is 23.6 Å². The molecule has 2 heterocycles. The minimum absolute atomic E-state index is 0.0864. The van der Waals surface area contributed by atoms with Crippen molar-refractivity contribution in [2.45, 2.75) is 6.42 Å². The molecule has 0 aliphatic carbocycles. The predicted octanol–water partition coefficient (Wildman–Crippen LogP) is 4.55. The van der Waals surface area contributed by atoms with Crippen LogP contribution in [0.1, 0.15) is 16.0 Å². The van der Waals surface area contributed by atoms with E-state index < -0.39 is 0 Å². The number of amides is 1. The summed E-state index contributed by atoms with van der Waals surface area (Å²) in [6.45, 7) is 0. The Bertz CT molecular complexity index is 1130. The molecule has 0 saturated carbocycles. The van der Waals surface area contributed by atoms with Crippen LogP contribution in [0.15, 0.2) is 59.6 Å². The van der Waals surface area contributed by atoms with E-state index in [1.54, 1.807) is 6.21 Å². The number of fused-ring (bicyclic) bond motifs is 1. The van der Waals surface area contributed by atoms with Crippen molar-refractivity contribution in [2.24, 2.45) is 4.99 Å². The zero-order valence-electron chi connectivity index (χ0n) is 14.1. The normalized spacial score (nSPS) is 13.7. The van der Waals surface area contributed by atoms with E-state index in [0.717, 1.165) is 22.4 Å². The molecule has 3 aromatic rings. The molecule has 5 nitrogen and oxygen atoms in total. The molecular formula is C20H15N3O2S2. The molecule has 0 saturated heterocycles. The maximum absolute atomic E-state index is 12.3. The number of allylic oxidation sites excluding steroid dienone is 1. The number of hydrogen-bond acceptors (Lipinski definition) is 5. The Labute approximate surface area is 164 Å². The Morgan fingerprint density at radius 2 is 1.93 bits per heavy atom. The standard InChI is InChI=1S/C20H15N3O2S2/c24-18(10-13-6-2-1-3-7-13)22-23-19(25)17(27-20(23)26)11-14-12-21-16-9-5-4-8-15(14)16/h1-9,11-12,25H,10H2,(H,22,24)/b14-11+. The lowest BCUT2D eigenvalue weighted by atomic mass is 10.1. The van der Waals surface area contributed by atoms with E-state index in [0.29, 0.717) is 8.83 Å². The fourth-order valence-electron chi connectivity index (χ4n) is 2.82. The number of aromatic hydroxyl groups is 1. The first kappa shape index (κ1) is 17.4. The summed E-state index contributed by atoms with van der Waals surface area (Å²) < 4.78 is 1.61. The van der Waals surface area contributed by atoms with Gasteiger partial charge in [-0.1, -0.05) is 59.9 Å². The minimum atomic E-state index is -0.252. The average Bonchev–Trinajstić information content (AvgIpc) is 3.19. The van der Waals surface area contributed by atoms with Gasteiger partial charge in [-0.25, -0.2) is 0 Å². The highest BCUT2D eigenvalue weighted by Crippen LogP contribution is 2.35. The van der Waals surface area contributed by atoms with Crippen molar-refractivity contribution in [3.8, 4) is 5.88 Å². The third-order valence-corrected chi connectivity index (χ3v) is 5.41. The number of nitrogens with one attached hydrogen (secondary N) is 1. The van der Waals surface area contributed by atoms with Crippen LogP contribution in [-0.4, -0.2) is 21.9 Å². The van der Waals surface area contributed by atoms with E-state index in [-0.39, 0.29) is 18.2 Å². The summed E-state index contributed by atoms with van der Waals surface area (Å²) in [5, 5.41) is 10.5. The second-order valence-corrected chi connectivity index (χ2v) is 7.64. The van der Waals surface area contributed by atoms with Gasteiger partial charge in [0, 0.05) is 17.4 Å². The van der Waals surface area contributed by atoms with E-state index >= 15 is 0 Å². The molecule has 1 amide bonds. The molecule has 2 N–H and O–H groups in total. The van der Waals surface area contributed by atoms with E-state index in [4.69, 9.17) is 12.2 Å². The van der Waals surface area contributed by atoms with Gasteiger partial charge >= 0.3 is 0 Å². The van der Waals surface area contributed by atoms with Crippen LogP contribution in [0.4, 0.5) is 5.69 Å². The highest BCUT2D eigenvalue weighted by molar-refractivity contribution is 7.73. The Hall–Kier alpha value is -3.03. The van der Waals surface area contributed by atoms with Crippen molar-refractivity contribution in [1.82, 2.24) is 4.68 Å². The van der Waals surface area contributed by atoms with Crippen molar-refractivity contribution in [2.75, 3.05) is 5.43 Å². The highest BCUT2D eigenvalue weighted by atomic mass is 32.1. The van der Waals surface area contributed by atoms with E-state index in [1.807, 2.05) is 60.7 Å². The number of rotatable bonds is 4. The SMILES string of the molecule is O=C(Cc1ccccc1)Nn1c(O)c(/C=C2\C=Nc3ccccc32)sc1=S. The number of para-hydroxylation sites is 1. The van der Waals surface area contributed by atoms with Crippen molar-refractivity contribution in [1.29, 1.82) is 0 Å². The van der Waals surface area contributed by atoms with Crippen LogP contribution in [0.2, 0.25) is 0 Å². The van der Waals surface area contributed by atoms with E-state index in [1.165, 1.54) is 16.0 Å². The van der Waals surface area contributed by atoms with Gasteiger partial charge in [0.05, 0.1) is 17.0 Å². The predicted molar refractivity (Wildman–Crippen MR) is 112 cm³/mol. The Morgan fingerprint density at radius 3 is 2.74 bits per heavy atom. The molecule has 0 fully saturated rings. The molecule has 2 aromatic carbocycles. The van der Waals surface area contributed by atoms with Gasteiger partial charge in [-0.05, 0) is 29.9 Å². The Morgan fingerprint density at radius 1 is 1.19 bits per heavy atom. The second kappa shape index (κ2) is 7.30. The number of hydrogen-bond donors (Lipinski definition) is 2. The summed E-state index contributed by atoms with van der Waals surface area (Å²) in [7, 11) is 0. The molecule has 0 atom stereocenters. The summed E-state index contributed by atoms with van der Waals surface area (Å²) in [4.78, 5) is 17.2. The number of carbonyl (C=O) groups is 1. The topological polar surface area (TPSA) is 66.6 Å². The lowest BCUT2D eigenvalue weighted by Gasteiger charge is -2.07. The zero-order valence-corrected chi connectivity index (χ0v) is 15.8. The van der Waals surface area contributed by atoms with Gasteiger partial charge in [-0.2, -0.15) is 4.68 Å². The lowest BCUT2D eigenvalue weighted by molar-refractivity contribution is -0.116. The molecule has 1 aromatic heterocycles. The van der Waals surface area contributed by atoms with Crippen LogP contribution in [-0.2, 0) is 11.2 Å². The first-order chi connectivity index (χ1) is 13.1. The number of aromatic nitrogens is 1. The fraction of sp³-hybridized carbons (Fsp3) is 0.0500. The molecule has 7 heteroatoms. The third-order valence-electron chi connectivity index (χ3n) is 4.10. The van der Waals surface area contributed by atoms with Crippen molar-refractivity contribution in [3.05, 3.63) is 74.6 Å². The quantitative estimate of drug-likeness (QED) is 0.639. The molecule has 1 aliphatic heterocycles. The number of benzene rings is 2. The third kappa shape index (κ3) is 3.60. The van der Waals surface area contributed by atoms with Gasteiger partial charge in [-0.3, -0.25) is 15.2 Å². The molecule has 4 rings (SSSR count). The van der Waals surface area contributed by atoms with Gasteiger partial charge in [0.1, 0.15) is 0 Å². The largest absolute Gasteiger partial charge is 0.492 e. The van der Waals surface area contributed by atoms with Crippen LogP contribution in [0, 0.1) is 3.95 Å². The first-order valence-corrected chi connectivity index (χ1v) is 9.48. The molecule has 0 bridgehead atoms. The number of thiazole rings is 1. The molecule has 27 heavy (non-hydrogen) atoms. The summed E-state index contributed by atoms with van der Waals surface area (Å²) >= 11 is 6.53. The van der Waals surface area contributed by atoms with Gasteiger partial charge in [0.25, 0.3) is 0 Å². The number of aliphatic imine (C=N–C) groups is 1. The number of carbonyl (C=O) groups excluding carboxylic acids is 1. The molecule has 1 aliphatic rings. The van der Waals surface area contributed by atoms with Crippen molar-refractivity contribution < 1.29 is 9.90 Å². The average molecular weight is 393 g/mol. The van der Waals surface area contributed by atoms with E-state index in [2.05, 4.69) is 10.4 Å². The van der Waals surface area contributed by atoms with Gasteiger partial charge in [-0.15, -0.1) is 0 Å². The van der Waals surface area contributed by atoms with Crippen LogP contribution in [0.3, 0.4) is 0 Å². The van der Waals surface area contributed by atoms with Gasteiger partial charge < -0.3 is 5.11 Å². The van der Waals surface area contributed by atoms with Crippen molar-refractivity contribution >= 4 is 53.0 Å². The van der Waals surface area contributed by atoms with Gasteiger partial charge in [0.15, 0.2) is 3.95 Å². The van der Waals surface area contributed by atoms with E-state index in [9.17, 15) is 9.90 Å². The summed E-state index contributed by atoms with van der Waals surface area (Å²) in [6, 6.07) is 17.2. The monoisotopic (exact) mass is 393 g/mol. The van der Waals surface area contributed by atoms with Gasteiger partial charge in [0.2, 0.25) is 11.8 Å². The molecular weight excluding hydrogens is 378 g/mol. The smallest absolute Gasteiger partial charge is 0.243 e. The number of nitrogens with zero attached hydrogens (tertiary/aromatic N) is 2. The Kier molecular flexibility index (Phi) is 4.70. The maximum atomic E-state index is 12.3. The summed E-state index contributed by atoms with van der Waals surface area (Å²) in [5.74, 6) is -0.339. The maximum Gasteiger partial charge on any atom is 0.243 e. The summed E-state index contributed by atoms with van der Waals surface area (Å²) in [5.41, 5.74) is 6.33. The van der Waals surface area contributed by atoms with Crippen molar-refractivity contribution in [3.63, 3.8) is 0 Å². The zero-order chi connectivity index (χ0) is 18.8. The van der Waals surface area contributed by atoms with Crippen LogP contribution in [0.25, 0.3) is 11.6 Å². The molecule has 0 unspecified atom stereocenters. The minimum Gasteiger partial charge on any atom is -0.492 e. The lowest BCUT2D eigenvalue weighted by Crippen LogP contribution is -2.24. The molecule has 134 valence electrons. The fourth-order valence-corrected chi connectivity index (χ4v) is 4.00. The molecule has 0 spiro atoms. The van der Waals surface area contributed by atoms with Crippen LogP contribution in [0.5, 0.6) is 5.88 Å². The Balaban J connectivity index is 1.58. The van der Waals surface area contributed by atoms with Crippen LogP contribution < -0.4 is 5.43 Å². The summed E-state index contributed by atoms with van der Waals surface area (Å²) in [6.07, 6.45) is 3.78. The first-order valence-electron chi connectivity index (χ1n) is 8.25. The molecule has 0 radical (unpaired) electrons. The second-order valence-electron chi connectivity index (χ2n) is 5.96.